The molecule has 1 aliphatic rings. The highest BCUT2D eigenvalue weighted by Crippen LogP contribution is 2.62. The summed E-state index contributed by atoms with van der Waals surface area (Å²) in [5, 5.41) is 1.49. The van der Waals surface area contributed by atoms with Crippen molar-refractivity contribution in [2.24, 2.45) is 5.92 Å². The molecule has 0 saturated heterocycles. The van der Waals surface area contributed by atoms with Crippen LogP contribution in [-0.2, 0) is 9.53 Å². The Kier molecular flexibility index (Phi) is 4.86. The molecule has 0 aliphatic heterocycles. The van der Waals surface area contributed by atoms with E-state index in [1.807, 2.05) is 0 Å². The van der Waals surface area contributed by atoms with Gasteiger partial charge in [0.1, 0.15) is 6.10 Å². The summed E-state index contributed by atoms with van der Waals surface area (Å²) in [5.74, 6) is 0.362. The minimum atomic E-state index is -1.19. The molecule has 0 bridgehead atoms. The summed E-state index contributed by atoms with van der Waals surface area (Å²) < 4.78 is 5.47. The Morgan fingerprint density at radius 3 is 2.50 bits per heavy atom. The molecule has 110 valence electrons. The zero-order valence-corrected chi connectivity index (χ0v) is 13.9. The average Bonchev–Trinajstić information content (AvgIpc) is 2.89. The molecule has 1 aliphatic carbocycles. The van der Waals surface area contributed by atoms with E-state index in [9.17, 15) is 4.79 Å². The summed E-state index contributed by atoms with van der Waals surface area (Å²) in [6.45, 7) is 8.45. The van der Waals surface area contributed by atoms with E-state index in [1.54, 1.807) is 0 Å². The van der Waals surface area contributed by atoms with Crippen LogP contribution in [0.25, 0.3) is 0 Å². The van der Waals surface area contributed by atoms with Crippen LogP contribution >= 0.6 is 7.26 Å². The first-order chi connectivity index (χ1) is 9.43. The van der Waals surface area contributed by atoms with E-state index in [4.69, 9.17) is 4.74 Å². The molecule has 3 heteroatoms. The van der Waals surface area contributed by atoms with Crippen molar-refractivity contribution >= 4 is 18.5 Å². The topological polar surface area (TPSA) is 26.3 Å². The second-order valence-electron chi connectivity index (χ2n) is 6.35. The first-order valence-electron chi connectivity index (χ1n) is 7.49. The summed E-state index contributed by atoms with van der Waals surface area (Å²) in [5.41, 5.74) is 0.680. The minimum Gasteiger partial charge on any atom is -0.462 e. The Bertz CT molecular complexity index is 455. The number of carbonyl (C=O) groups excluding carboxylic acids is 1. The van der Waals surface area contributed by atoms with Crippen LogP contribution in [0.5, 0.6) is 0 Å². The fourth-order valence-electron chi connectivity index (χ4n) is 3.67. The molecule has 0 N–H and O–H groups in total. The molecule has 0 heterocycles. The number of ether oxygens (including phenoxy) is 1. The molecule has 0 amide bonds. The minimum absolute atomic E-state index is 0.0444. The van der Waals surface area contributed by atoms with Crippen molar-refractivity contribution in [3.8, 4) is 0 Å². The zero-order chi connectivity index (χ0) is 14.8. The molecule has 2 unspecified atom stereocenters. The van der Waals surface area contributed by atoms with E-state index in [2.05, 4.69) is 50.6 Å². The van der Waals surface area contributed by atoms with Gasteiger partial charge in [-0.25, -0.2) is 0 Å². The average molecular weight is 293 g/mol. The molecule has 1 aromatic carbocycles. The summed E-state index contributed by atoms with van der Waals surface area (Å²) in [6.07, 6.45) is 3.77. The highest BCUT2D eigenvalue weighted by Gasteiger charge is 2.48. The Morgan fingerprint density at radius 1 is 1.25 bits per heavy atom. The van der Waals surface area contributed by atoms with Gasteiger partial charge < -0.3 is 4.74 Å². The van der Waals surface area contributed by atoms with E-state index in [0.29, 0.717) is 11.6 Å². The normalized spacial score (nSPS) is 24.4. The Labute approximate surface area is 123 Å². The molecule has 0 radical (unpaired) electrons. The van der Waals surface area contributed by atoms with Crippen molar-refractivity contribution in [3.05, 3.63) is 30.3 Å². The standard InChI is InChI=1S/C17H26O2P/c1-13(19-14(2)18)16-11-8-12-17(16)20(3,4)15-9-6-5-7-10-15/h5-7,9-10,13,16-17H,8,11-12H2,1-4H3/q+1/t13-,16?,17?/m1/s1. The maximum absolute atomic E-state index is 11.2. The van der Waals surface area contributed by atoms with Crippen molar-refractivity contribution in [2.75, 3.05) is 13.3 Å². The molecular formula is C17H26O2P+. The van der Waals surface area contributed by atoms with E-state index < -0.39 is 7.26 Å². The summed E-state index contributed by atoms with van der Waals surface area (Å²) in [4.78, 5) is 11.2. The van der Waals surface area contributed by atoms with Crippen LogP contribution in [0.1, 0.15) is 33.1 Å². The Hall–Kier alpha value is -0.880. The predicted molar refractivity (Wildman–Crippen MR) is 87.2 cm³/mol. The predicted octanol–water partition coefficient (Wildman–Crippen LogP) is 3.71. The van der Waals surface area contributed by atoms with E-state index in [1.165, 1.54) is 31.5 Å². The smallest absolute Gasteiger partial charge is 0.302 e. The number of rotatable bonds is 4. The molecule has 0 aromatic heterocycles. The first kappa shape index (κ1) is 15.5. The Balaban J connectivity index is 2.19. The van der Waals surface area contributed by atoms with Gasteiger partial charge in [0.15, 0.2) is 0 Å². The van der Waals surface area contributed by atoms with E-state index in [0.717, 1.165) is 0 Å². The van der Waals surface area contributed by atoms with Gasteiger partial charge in [0.25, 0.3) is 0 Å². The molecule has 2 nitrogen and oxygen atoms in total. The number of benzene rings is 1. The van der Waals surface area contributed by atoms with Crippen LogP contribution in [0, 0.1) is 5.92 Å². The lowest BCUT2D eigenvalue weighted by atomic mass is 10.0. The number of carbonyl (C=O) groups is 1. The van der Waals surface area contributed by atoms with Gasteiger partial charge in [-0.3, -0.25) is 4.79 Å². The third-order valence-corrected chi connectivity index (χ3v) is 8.67. The van der Waals surface area contributed by atoms with Gasteiger partial charge in [0.2, 0.25) is 0 Å². The van der Waals surface area contributed by atoms with Crippen molar-refractivity contribution in [3.63, 3.8) is 0 Å². The van der Waals surface area contributed by atoms with Gasteiger partial charge >= 0.3 is 5.97 Å². The number of hydrogen-bond acceptors (Lipinski definition) is 2. The SMILES string of the molecule is CC(=O)O[C@H](C)C1CCCC1[P+](C)(C)c1ccccc1. The van der Waals surface area contributed by atoms with Gasteiger partial charge in [-0.15, -0.1) is 0 Å². The fourth-order valence-corrected chi connectivity index (χ4v) is 7.17. The molecule has 1 saturated carbocycles. The van der Waals surface area contributed by atoms with Gasteiger partial charge in [0.05, 0.1) is 24.3 Å². The maximum Gasteiger partial charge on any atom is 0.302 e. The van der Waals surface area contributed by atoms with Gasteiger partial charge in [-0.05, 0) is 38.3 Å². The van der Waals surface area contributed by atoms with E-state index >= 15 is 0 Å². The second-order valence-corrected chi connectivity index (χ2v) is 10.6. The number of esters is 1. The van der Waals surface area contributed by atoms with Gasteiger partial charge in [0, 0.05) is 20.1 Å². The molecule has 3 atom stereocenters. The third kappa shape index (κ3) is 3.23. The highest BCUT2D eigenvalue weighted by molar-refractivity contribution is 7.82. The monoisotopic (exact) mass is 293 g/mol. The fraction of sp³-hybridized carbons (Fsp3) is 0.588. The molecule has 1 fully saturated rings. The van der Waals surface area contributed by atoms with Crippen LogP contribution < -0.4 is 5.30 Å². The summed E-state index contributed by atoms with van der Waals surface area (Å²) in [6, 6.07) is 10.9. The van der Waals surface area contributed by atoms with Crippen LogP contribution in [0.3, 0.4) is 0 Å². The third-order valence-electron chi connectivity index (χ3n) is 4.74. The summed E-state index contributed by atoms with van der Waals surface area (Å²) in [7, 11) is -1.19. The lowest BCUT2D eigenvalue weighted by Gasteiger charge is -2.32. The van der Waals surface area contributed by atoms with Crippen LogP contribution in [0.2, 0.25) is 0 Å². The van der Waals surface area contributed by atoms with Crippen molar-refractivity contribution in [2.45, 2.75) is 44.9 Å². The lowest BCUT2D eigenvalue weighted by Crippen LogP contribution is -2.33. The lowest BCUT2D eigenvalue weighted by molar-refractivity contribution is -0.147. The van der Waals surface area contributed by atoms with Crippen LogP contribution in [-0.4, -0.2) is 31.1 Å². The summed E-state index contributed by atoms with van der Waals surface area (Å²) >= 11 is 0. The molecule has 2 rings (SSSR count). The van der Waals surface area contributed by atoms with Crippen LogP contribution in [0.4, 0.5) is 0 Å². The van der Waals surface area contributed by atoms with Crippen LogP contribution in [0.15, 0.2) is 30.3 Å². The van der Waals surface area contributed by atoms with Crippen molar-refractivity contribution in [1.29, 1.82) is 0 Å². The quantitative estimate of drug-likeness (QED) is 0.625. The molecule has 0 spiro atoms. The molecule has 1 aromatic rings. The van der Waals surface area contributed by atoms with Gasteiger partial charge in [-0.2, -0.15) is 0 Å². The molecular weight excluding hydrogens is 267 g/mol. The zero-order valence-electron chi connectivity index (χ0n) is 13.0. The van der Waals surface area contributed by atoms with Gasteiger partial charge in [-0.1, -0.05) is 18.2 Å². The first-order valence-corrected chi connectivity index (χ1v) is 10.2. The maximum atomic E-state index is 11.2. The number of hydrogen-bond donors (Lipinski definition) is 0. The second kappa shape index (κ2) is 6.26. The van der Waals surface area contributed by atoms with E-state index in [-0.39, 0.29) is 12.1 Å². The largest absolute Gasteiger partial charge is 0.462 e. The van der Waals surface area contributed by atoms with Crippen molar-refractivity contribution in [1.82, 2.24) is 0 Å². The molecule has 20 heavy (non-hydrogen) atoms. The highest BCUT2D eigenvalue weighted by atomic mass is 31.2. The van der Waals surface area contributed by atoms with Crippen molar-refractivity contribution < 1.29 is 9.53 Å². The Morgan fingerprint density at radius 2 is 1.90 bits per heavy atom.